The van der Waals surface area contributed by atoms with Crippen LogP contribution in [-0.4, -0.2) is 40.7 Å². The fourth-order valence-electron chi connectivity index (χ4n) is 4.37. The van der Waals surface area contributed by atoms with E-state index in [1.165, 1.54) is 35.9 Å². The van der Waals surface area contributed by atoms with Crippen molar-refractivity contribution in [3.05, 3.63) is 98.8 Å². The van der Waals surface area contributed by atoms with Gasteiger partial charge in [0, 0.05) is 21.4 Å². The number of carbonyl (C=O) groups excluding carboxylic acids is 2. The largest absolute Gasteiger partial charge is 0.507 e. The second-order valence-corrected chi connectivity index (χ2v) is 11.9. The van der Waals surface area contributed by atoms with Gasteiger partial charge in [-0.15, -0.1) is 10.2 Å². The van der Waals surface area contributed by atoms with Gasteiger partial charge in [-0.2, -0.15) is 0 Å². The zero-order valence-corrected chi connectivity index (χ0v) is 25.3. The van der Waals surface area contributed by atoms with E-state index in [0.29, 0.717) is 43.8 Å². The maximum Gasteiger partial charge on any atom is 0.301 e. The number of anilines is 1. The van der Waals surface area contributed by atoms with Crippen LogP contribution < -0.4 is 14.4 Å². The molecule has 0 spiro atoms. The topological polar surface area (TPSA) is 102 Å². The Bertz CT molecular complexity index is 1700. The Kier molecular flexibility index (Phi) is 9.02. The monoisotopic (exact) mass is 645 g/mol. The smallest absolute Gasteiger partial charge is 0.301 e. The van der Waals surface area contributed by atoms with Crippen molar-refractivity contribution >= 4 is 68.9 Å². The van der Waals surface area contributed by atoms with E-state index in [9.17, 15) is 19.1 Å². The number of ether oxygens (including phenoxy) is 2. The molecule has 4 aromatic rings. The Balaban J connectivity index is 1.57. The fourth-order valence-corrected chi connectivity index (χ4v) is 6.80. The van der Waals surface area contributed by atoms with Gasteiger partial charge in [-0.25, -0.2) is 4.39 Å². The van der Waals surface area contributed by atoms with Gasteiger partial charge in [-0.3, -0.25) is 14.5 Å². The van der Waals surface area contributed by atoms with Crippen LogP contribution in [0.3, 0.4) is 0 Å². The van der Waals surface area contributed by atoms with Gasteiger partial charge in [-0.1, -0.05) is 58.4 Å². The molecule has 5 rings (SSSR count). The molecule has 1 aliphatic rings. The van der Waals surface area contributed by atoms with Crippen molar-refractivity contribution in [3.8, 4) is 11.5 Å². The quantitative estimate of drug-likeness (QED) is 0.0665. The van der Waals surface area contributed by atoms with Crippen LogP contribution in [0.25, 0.3) is 5.76 Å². The number of aliphatic hydroxyl groups is 1. The number of carbonyl (C=O) groups is 2. The van der Waals surface area contributed by atoms with Crippen molar-refractivity contribution in [2.24, 2.45) is 0 Å². The van der Waals surface area contributed by atoms with E-state index in [-0.39, 0.29) is 16.3 Å². The number of Topliss-reactive ketones (excluding diaryl/α,β-unsaturated/α-hetero) is 1. The molecule has 1 N–H and O–H groups in total. The lowest BCUT2D eigenvalue weighted by Crippen LogP contribution is -2.29. The normalized spacial score (nSPS) is 16.2. The molecule has 8 nitrogen and oxygen atoms in total. The number of halogens is 3. The summed E-state index contributed by atoms with van der Waals surface area (Å²) in [7, 11) is 1.47. The molecular formula is C29H22Cl2FN3O5S2. The van der Waals surface area contributed by atoms with Gasteiger partial charge in [0.15, 0.2) is 15.8 Å². The highest BCUT2D eigenvalue weighted by Gasteiger charge is 2.48. The Hall–Kier alpha value is -3.64. The molecule has 0 aliphatic carbocycles. The summed E-state index contributed by atoms with van der Waals surface area (Å²) >= 11 is 14.8. The first kappa shape index (κ1) is 29.8. The third-order valence-electron chi connectivity index (χ3n) is 6.33. The third kappa shape index (κ3) is 5.96. The van der Waals surface area contributed by atoms with E-state index in [1.807, 2.05) is 13.0 Å². The van der Waals surface area contributed by atoms with Gasteiger partial charge in [0.1, 0.15) is 11.6 Å². The average molecular weight is 647 g/mol. The van der Waals surface area contributed by atoms with Crippen LogP contribution in [0, 0.1) is 5.82 Å². The number of hydrogen-bond acceptors (Lipinski definition) is 9. The maximum atomic E-state index is 13.6. The number of hydrogen-bond donors (Lipinski definition) is 1. The molecule has 2 heterocycles. The molecule has 1 fully saturated rings. The third-order valence-corrected chi connectivity index (χ3v) is 9.03. The van der Waals surface area contributed by atoms with Crippen molar-refractivity contribution in [2.75, 3.05) is 18.6 Å². The average Bonchev–Trinajstić information content (AvgIpc) is 3.54. The lowest BCUT2D eigenvalue weighted by molar-refractivity contribution is -0.132. The number of thioether (sulfide) groups is 1. The molecule has 1 aliphatic heterocycles. The fraction of sp³-hybridized carbons (Fsp3) is 0.172. The molecule has 1 saturated heterocycles. The number of aromatic nitrogens is 2. The highest BCUT2D eigenvalue weighted by atomic mass is 35.5. The molecule has 1 unspecified atom stereocenters. The van der Waals surface area contributed by atoms with Gasteiger partial charge >= 0.3 is 5.91 Å². The number of aliphatic hydroxyl groups excluding tert-OH is 1. The minimum atomic E-state index is -1.09. The Morgan fingerprint density at radius 1 is 1.07 bits per heavy atom. The first-order valence-electron chi connectivity index (χ1n) is 12.5. The molecular weight excluding hydrogens is 624 g/mol. The zero-order chi connectivity index (χ0) is 30.0. The number of benzene rings is 3. The van der Waals surface area contributed by atoms with Gasteiger partial charge in [0.25, 0.3) is 5.78 Å². The molecule has 13 heteroatoms. The van der Waals surface area contributed by atoms with Crippen molar-refractivity contribution in [1.82, 2.24) is 10.2 Å². The molecule has 1 atom stereocenters. The van der Waals surface area contributed by atoms with E-state index in [1.54, 1.807) is 30.3 Å². The summed E-state index contributed by atoms with van der Waals surface area (Å²) < 4.78 is 25.3. The van der Waals surface area contributed by atoms with Crippen LogP contribution in [0.2, 0.25) is 10.0 Å². The molecule has 0 radical (unpaired) electrons. The standard InChI is InChI=1S/C29H22Cl2FN3O5S2/c1-3-40-21-11-7-16(12-22(21)39-2)24-23(25(36)15-5-9-19(32)10-6-15)26(37)27(38)35(24)28-33-34-29(42-28)41-14-17-4-8-18(30)13-20(17)31/h4-13,24,36H,3,14H2,1-2H3/b25-23-. The minimum absolute atomic E-state index is 0.151. The van der Waals surface area contributed by atoms with Crippen LogP contribution in [-0.2, 0) is 15.3 Å². The van der Waals surface area contributed by atoms with Gasteiger partial charge in [-0.05, 0) is 66.6 Å². The number of ketones is 1. The highest BCUT2D eigenvalue weighted by Crippen LogP contribution is 2.45. The van der Waals surface area contributed by atoms with Gasteiger partial charge < -0.3 is 14.6 Å². The van der Waals surface area contributed by atoms with Crippen molar-refractivity contribution in [2.45, 2.75) is 23.1 Å². The molecule has 3 aromatic carbocycles. The maximum absolute atomic E-state index is 13.6. The molecule has 42 heavy (non-hydrogen) atoms. The summed E-state index contributed by atoms with van der Waals surface area (Å²) in [6, 6.07) is 14.0. The van der Waals surface area contributed by atoms with Crippen LogP contribution >= 0.6 is 46.3 Å². The number of amides is 1. The number of rotatable bonds is 9. The van der Waals surface area contributed by atoms with Gasteiger partial charge in [0.05, 0.1) is 25.3 Å². The molecule has 1 amide bonds. The Labute approximate surface area is 258 Å². The second kappa shape index (κ2) is 12.7. The Morgan fingerprint density at radius 2 is 1.83 bits per heavy atom. The molecule has 0 bridgehead atoms. The van der Waals surface area contributed by atoms with E-state index >= 15 is 0 Å². The predicted octanol–water partition coefficient (Wildman–Crippen LogP) is 7.31. The SMILES string of the molecule is CCOc1ccc(C2/C(=C(/O)c3ccc(F)cc3)C(=O)C(=O)N2c2nnc(SCc3ccc(Cl)cc3Cl)s2)cc1OC. The van der Waals surface area contributed by atoms with E-state index in [0.717, 1.165) is 29.0 Å². The van der Waals surface area contributed by atoms with Crippen LogP contribution in [0.1, 0.15) is 29.7 Å². The first-order valence-corrected chi connectivity index (χ1v) is 15.1. The summed E-state index contributed by atoms with van der Waals surface area (Å²) in [6.07, 6.45) is 0. The second-order valence-electron chi connectivity index (χ2n) is 8.89. The molecule has 1 aromatic heterocycles. The summed E-state index contributed by atoms with van der Waals surface area (Å²) in [4.78, 5) is 28.1. The van der Waals surface area contributed by atoms with E-state index in [2.05, 4.69) is 10.2 Å². The zero-order valence-electron chi connectivity index (χ0n) is 22.1. The number of nitrogens with zero attached hydrogens (tertiary/aromatic N) is 3. The highest BCUT2D eigenvalue weighted by molar-refractivity contribution is 8.00. The summed E-state index contributed by atoms with van der Waals surface area (Å²) in [5.74, 6) is -1.49. The van der Waals surface area contributed by atoms with Gasteiger partial charge in [0.2, 0.25) is 5.13 Å². The van der Waals surface area contributed by atoms with Crippen molar-refractivity contribution in [1.29, 1.82) is 0 Å². The summed E-state index contributed by atoms with van der Waals surface area (Å²) in [5.41, 5.74) is 1.28. The van der Waals surface area contributed by atoms with Crippen molar-refractivity contribution in [3.63, 3.8) is 0 Å². The first-order chi connectivity index (χ1) is 20.2. The molecule has 0 saturated carbocycles. The van der Waals surface area contributed by atoms with E-state index < -0.39 is 29.3 Å². The van der Waals surface area contributed by atoms with E-state index in [4.69, 9.17) is 32.7 Å². The van der Waals surface area contributed by atoms with Crippen molar-refractivity contribution < 1.29 is 28.6 Å². The van der Waals surface area contributed by atoms with Crippen LogP contribution in [0.5, 0.6) is 11.5 Å². The minimum Gasteiger partial charge on any atom is -0.507 e. The summed E-state index contributed by atoms with van der Waals surface area (Å²) in [5, 5.41) is 20.9. The summed E-state index contributed by atoms with van der Waals surface area (Å²) in [6.45, 7) is 2.22. The number of methoxy groups -OCH3 is 1. The Morgan fingerprint density at radius 3 is 2.52 bits per heavy atom. The lowest BCUT2D eigenvalue weighted by atomic mass is 9.95. The predicted molar refractivity (Wildman–Crippen MR) is 161 cm³/mol. The lowest BCUT2D eigenvalue weighted by Gasteiger charge is -2.23. The molecule has 216 valence electrons. The van der Waals surface area contributed by atoms with Crippen LogP contribution in [0.4, 0.5) is 9.52 Å². The van der Waals surface area contributed by atoms with Crippen LogP contribution in [0.15, 0.2) is 70.6 Å².